The second-order valence-corrected chi connectivity index (χ2v) is 4.32. The first-order chi connectivity index (χ1) is 7.81. The third-order valence-electron chi connectivity index (χ3n) is 3.04. The number of hydrogen-bond acceptors (Lipinski definition) is 2. The predicted octanol–water partition coefficient (Wildman–Crippen LogP) is 3.41. The third kappa shape index (κ3) is 2.43. The lowest BCUT2D eigenvalue weighted by Crippen LogP contribution is -2.16. The van der Waals surface area contributed by atoms with Gasteiger partial charge in [0.15, 0.2) is 0 Å². The maximum absolute atomic E-state index is 11.5. The lowest BCUT2D eigenvalue weighted by Gasteiger charge is -2.25. The van der Waals surface area contributed by atoms with Crippen LogP contribution in [-0.4, -0.2) is 5.97 Å². The molecule has 86 valence electrons. The number of benzene rings is 1. The Kier molecular flexibility index (Phi) is 3.60. The van der Waals surface area contributed by atoms with Crippen LogP contribution < -0.4 is 0 Å². The van der Waals surface area contributed by atoms with Crippen molar-refractivity contribution in [3.05, 3.63) is 35.4 Å². The first kappa shape index (κ1) is 11.2. The normalized spacial score (nSPS) is 18.9. The van der Waals surface area contributed by atoms with Crippen LogP contribution in [0.15, 0.2) is 24.3 Å². The van der Waals surface area contributed by atoms with E-state index in [4.69, 9.17) is 4.74 Å². The van der Waals surface area contributed by atoms with Gasteiger partial charge in [0.25, 0.3) is 0 Å². The molecular weight excluding hydrogens is 200 g/mol. The van der Waals surface area contributed by atoms with Crippen molar-refractivity contribution in [1.29, 1.82) is 0 Å². The summed E-state index contributed by atoms with van der Waals surface area (Å²) in [6.07, 6.45) is 4.56. The third-order valence-corrected chi connectivity index (χ3v) is 3.04. The minimum atomic E-state index is -0.0656. The van der Waals surface area contributed by atoms with Gasteiger partial charge in [0, 0.05) is 6.42 Å². The summed E-state index contributed by atoms with van der Waals surface area (Å²) in [5, 5.41) is 0. The van der Waals surface area contributed by atoms with Gasteiger partial charge < -0.3 is 4.74 Å². The van der Waals surface area contributed by atoms with Crippen molar-refractivity contribution in [3.63, 3.8) is 0 Å². The first-order valence-corrected chi connectivity index (χ1v) is 6.08. The number of rotatable bonds is 3. The molecule has 0 aliphatic heterocycles. The highest BCUT2D eigenvalue weighted by Crippen LogP contribution is 2.32. The molecule has 0 radical (unpaired) electrons. The minimum absolute atomic E-state index is 0.0102. The number of carbonyl (C=O) groups excluding carboxylic acids is 1. The summed E-state index contributed by atoms with van der Waals surface area (Å²) in [6.45, 7) is 2.00. The molecular formula is C14H18O2. The number of aryl methyl sites for hydroxylation is 1. The van der Waals surface area contributed by atoms with E-state index in [0.717, 1.165) is 25.7 Å². The van der Waals surface area contributed by atoms with Crippen LogP contribution in [0.2, 0.25) is 0 Å². The zero-order valence-corrected chi connectivity index (χ0v) is 9.74. The Morgan fingerprint density at radius 1 is 1.44 bits per heavy atom. The van der Waals surface area contributed by atoms with E-state index in [1.54, 1.807) is 0 Å². The molecule has 0 saturated heterocycles. The Labute approximate surface area is 96.6 Å². The van der Waals surface area contributed by atoms with Gasteiger partial charge in [-0.15, -0.1) is 0 Å². The Balaban J connectivity index is 2.10. The molecule has 0 heterocycles. The van der Waals surface area contributed by atoms with Gasteiger partial charge >= 0.3 is 5.97 Å². The molecule has 0 bridgehead atoms. The van der Waals surface area contributed by atoms with Crippen molar-refractivity contribution in [2.24, 2.45) is 0 Å². The van der Waals surface area contributed by atoms with E-state index >= 15 is 0 Å². The average molecular weight is 218 g/mol. The van der Waals surface area contributed by atoms with Crippen molar-refractivity contribution < 1.29 is 9.53 Å². The predicted molar refractivity (Wildman–Crippen MR) is 63.1 cm³/mol. The van der Waals surface area contributed by atoms with Crippen LogP contribution in [0, 0.1) is 0 Å². The van der Waals surface area contributed by atoms with Gasteiger partial charge in [0.2, 0.25) is 0 Å². The summed E-state index contributed by atoms with van der Waals surface area (Å²) in [5.74, 6) is -0.0656. The zero-order chi connectivity index (χ0) is 11.4. The van der Waals surface area contributed by atoms with Crippen LogP contribution in [0.25, 0.3) is 0 Å². The monoisotopic (exact) mass is 218 g/mol. The molecule has 0 spiro atoms. The highest BCUT2D eigenvalue weighted by atomic mass is 16.5. The first-order valence-electron chi connectivity index (χ1n) is 6.08. The lowest BCUT2D eigenvalue weighted by molar-refractivity contribution is -0.150. The van der Waals surface area contributed by atoms with Gasteiger partial charge in [-0.2, -0.15) is 0 Å². The molecule has 0 aromatic heterocycles. The quantitative estimate of drug-likeness (QED) is 0.727. The molecule has 2 nitrogen and oxygen atoms in total. The zero-order valence-electron chi connectivity index (χ0n) is 9.74. The van der Waals surface area contributed by atoms with E-state index in [-0.39, 0.29) is 12.1 Å². The molecule has 16 heavy (non-hydrogen) atoms. The molecule has 1 aliphatic carbocycles. The minimum Gasteiger partial charge on any atom is -0.457 e. The van der Waals surface area contributed by atoms with Crippen molar-refractivity contribution in [3.8, 4) is 0 Å². The number of hydrogen-bond donors (Lipinski definition) is 0. The van der Waals surface area contributed by atoms with Crippen molar-refractivity contribution >= 4 is 5.97 Å². The molecule has 0 amide bonds. The van der Waals surface area contributed by atoms with Gasteiger partial charge in [-0.3, -0.25) is 4.79 Å². The summed E-state index contributed by atoms with van der Waals surface area (Å²) in [4.78, 5) is 11.5. The Morgan fingerprint density at radius 2 is 2.25 bits per heavy atom. The van der Waals surface area contributed by atoms with Crippen LogP contribution in [0.1, 0.15) is 49.8 Å². The smallest absolute Gasteiger partial charge is 0.306 e. The highest BCUT2D eigenvalue weighted by molar-refractivity contribution is 5.69. The second-order valence-electron chi connectivity index (χ2n) is 4.32. The van der Waals surface area contributed by atoms with Gasteiger partial charge in [-0.05, 0) is 36.8 Å². The summed E-state index contributed by atoms with van der Waals surface area (Å²) >= 11 is 0. The van der Waals surface area contributed by atoms with Crippen molar-refractivity contribution in [1.82, 2.24) is 0 Å². The largest absolute Gasteiger partial charge is 0.457 e. The average Bonchev–Trinajstić information content (AvgIpc) is 2.30. The van der Waals surface area contributed by atoms with Crippen molar-refractivity contribution in [2.75, 3.05) is 0 Å². The number of fused-ring (bicyclic) bond motifs is 1. The van der Waals surface area contributed by atoms with Gasteiger partial charge in [0.05, 0.1) is 0 Å². The summed E-state index contributed by atoms with van der Waals surface area (Å²) in [7, 11) is 0. The fourth-order valence-electron chi connectivity index (χ4n) is 2.25. The molecule has 2 rings (SSSR count). The van der Waals surface area contributed by atoms with E-state index < -0.39 is 0 Å². The fourth-order valence-corrected chi connectivity index (χ4v) is 2.25. The summed E-state index contributed by atoms with van der Waals surface area (Å²) in [6, 6.07) is 8.29. The highest BCUT2D eigenvalue weighted by Gasteiger charge is 2.22. The fraction of sp³-hybridized carbons (Fsp3) is 0.500. The lowest BCUT2D eigenvalue weighted by atomic mass is 9.89. The molecule has 0 fully saturated rings. The Hall–Kier alpha value is -1.31. The topological polar surface area (TPSA) is 26.3 Å². The van der Waals surface area contributed by atoms with Crippen LogP contribution in [-0.2, 0) is 16.0 Å². The van der Waals surface area contributed by atoms with E-state index in [0.29, 0.717) is 6.42 Å². The Morgan fingerprint density at radius 3 is 3.06 bits per heavy atom. The molecule has 0 saturated carbocycles. The number of carbonyl (C=O) groups is 1. The van der Waals surface area contributed by atoms with Crippen LogP contribution >= 0.6 is 0 Å². The van der Waals surface area contributed by atoms with Crippen molar-refractivity contribution in [2.45, 2.75) is 45.1 Å². The standard InChI is InChI=1S/C14H18O2/c1-2-6-14(15)16-13-10-5-8-11-7-3-4-9-12(11)13/h3-4,7,9,13H,2,5-6,8,10H2,1H3/t13-/m1/s1. The number of ether oxygens (including phenoxy) is 1. The maximum atomic E-state index is 11.5. The summed E-state index contributed by atoms with van der Waals surface area (Å²) < 4.78 is 5.52. The second kappa shape index (κ2) is 5.15. The van der Waals surface area contributed by atoms with Crippen LogP contribution in [0.5, 0.6) is 0 Å². The van der Waals surface area contributed by atoms with E-state index in [1.807, 2.05) is 13.0 Å². The molecule has 2 heteroatoms. The summed E-state index contributed by atoms with van der Waals surface area (Å²) in [5.41, 5.74) is 2.54. The molecule has 0 unspecified atom stereocenters. The van der Waals surface area contributed by atoms with Gasteiger partial charge in [-0.25, -0.2) is 0 Å². The van der Waals surface area contributed by atoms with E-state index in [1.165, 1.54) is 11.1 Å². The van der Waals surface area contributed by atoms with E-state index in [2.05, 4.69) is 18.2 Å². The SMILES string of the molecule is CCCC(=O)O[C@@H]1CCCc2ccccc21. The van der Waals surface area contributed by atoms with E-state index in [9.17, 15) is 4.79 Å². The molecule has 1 aliphatic rings. The van der Waals surface area contributed by atoms with Crippen LogP contribution in [0.3, 0.4) is 0 Å². The molecule has 1 aromatic carbocycles. The Bertz CT molecular complexity index is 371. The van der Waals surface area contributed by atoms with Crippen LogP contribution in [0.4, 0.5) is 0 Å². The molecule has 1 atom stereocenters. The van der Waals surface area contributed by atoms with Gasteiger partial charge in [0.1, 0.15) is 6.10 Å². The molecule has 1 aromatic rings. The number of esters is 1. The van der Waals surface area contributed by atoms with Gasteiger partial charge in [-0.1, -0.05) is 31.2 Å². The molecule has 0 N–H and O–H groups in total. The maximum Gasteiger partial charge on any atom is 0.306 e.